The van der Waals surface area contributed by atoms with Crippen LogP contribution in [-0.2, 0) is 9.59 Å². The van der Waals surface area contributed by atoms with Crippen LogP contribution in [0.25, 0.3) is 0 Å². The largest absolute Gasteiger partial charge is 0.497 e. The van der Waals surface area contributed by atoms with Crippen LogP contribution in [0.3, 0.4) is 0 Å². The van der Waals surface area contributed by atoms with Crippen molar-refractivity contribution in [2.45, 2.75) is 25.3 Å². The second-order valence-corrected chi connectivity index (χ2v) is 6.97. The van der Waals surface area contributed by atoms with Crippen molar-refractivity contribution in [1.82, 2.24) is 4.90 Å². The molecule has 140 valence electrons. The summed E-state index contributed by atoms with van der Waals surface area (Å²) >= 11 is 0. The molecule has 2 aliphatic rings. The topological polar surface area (TPSA) is 67.9 Å². The van der Waals surface area contributed by atoms with E-state index in [4.69, 9.17) is 9.47 Å². The van der Waals surface area contributed by atoms with E-state index in [1.165, 1.54) is 0 Å². The van der Waals surface area contributed by atoms with Crippen molar-refractivity contribution in [3.05, 3.63) is 48.5 Å². The summed E-state index contributed by atoms with van der Waals surface area (Å²) in [6.45, 7) is 0.534. The molecule has 1 saturated carbocycles. The van der Waals surface area contributed by atoms with E-state index in [1.807, 2.05) is 23.1 Å². The first-order chi connectivity index (χ1) is 13.1. The number of anilines is 1. The zero-order valence-electron chi connectivity index (χ0n) is 15.2. The molecule has 0 bridgehead atoms. The molecule has 1 N–H and O–H groups in total. The van der Waals surface area contributed by atoms with E-state index in [2.05, 4.69) is 5.32 Å². The minimum absolute atomic E-state index is 0.0969. The van der Waals surface area contributed by atoms with Crippen LogP contribution in [0.1, 0.15) is 19.3 Å². The van der Waals surface area contributed by atoms with Crippen LogP contribution in [0, 0.1) is 5.92 Å². The SMILES string of the molecule is COc1cccc(Oc2ccc(NC(=O)C3CC(=O)N(C4CC4)C3)cc2)c1. The second kappa shape index (κ2) is 7.31. The van der Waals surface area contributed by atoms with Crippen molar-refractivity contribution in [1.29, 1.82) is 0 Å². The summed E-state index contributed by atoms with van der Waals surface area (Å²) in [7, 11) is 1.61. The zero-order valence-corrected chi connectivity index (χ0v) is 15.2. The molecule has 4 rings (SSSR count). The average Bonchev–Trinajstić information content (AvgIpc) is 3.45. The highest BCUT2D eigenvalue weighted by Crippen LogP contribution is 2.33. The molecule has 0 spiro atoms. The summed E-state index contributed by atoms with van der Waals surface area (Å²) < 4.78 is 11.0. The number of benzene rings is 2. The Morgan fingerprint density at radius 3 is 2.52 bits per heavy atom. The monoisotopic (exact) mass is 366 g/mol. The first-order valence-corrected chi connectivity index (χ1v) is 9.14. The summed E-state index contributed by atoms with van der Waals surface area (Å²) in [5, 5.41) is 2.90. The fourth-order valence-electron chi connectivity index (χ4n) is 3.30. The van der Waals surface area contributed by atoms with Gasteiger partial charge in [-0.05, 0) is 49.2 Å². The Kier molecular flexibility index (Phi) is 4.71. The Balaban J connectivity index is 1.35. The first-order valence-electron chi connectivity index (χ1n) is 9.14. The smallest absolute Gasteiger partial charge is 0.229 e. The molecule has 1 aliphatic carbocycles. The Bertz CT molecular complexity index is 846. The normalized spacial score (nSPS) is 19.1. The molecule has 1 aliphatic heterocycles. The maximum atomic E-state index is 12.5. The Hall–Kier alpha value is -3.02. The van der Waals surface area contributed by atoms with Gasteiger partial charge in [0, 0.05) is 30.8 Å². The van der Waals surface area contributed by atoms with Crippen LogP contribution in [0.5, 0.6) is 17.2 Å². The Morgan fingerprint density at radius 2 is 1.81 bits per heavy atom. The van der Waals surface area contributed by atoms with Gasteiger partial charge in [0.25, 0.3) is 0 Å². The van der Waals surface area contributed by atoms with Gasteiger partial charge in [-0.3, -0.25) is 9.59 Å². The van der Waals surface area contributed by atoms with Gasteiger partial charge in [0.15, 0.2) is 0 Å². The van der Waals surface area contributed by atoms with Crippen molar-refractivity contribution >= 4 is 17.5 Å². The van der Waals surface area contributed by atoms with Crippen LogP contribution in [0.4, 0.5) is 5.69 Å². The number of carbonyl (C=O) groups is 2. The Morgan fingerprint density at radius 1 is 1.07 bits per heavy atom. The van der Waals surface area contributed by atoms with E-state index < -0.39 is 0 Å². The van der Waals surface area contributed by atoms with Crippen LogP contribution in [-0.4, -0.2) is 36.4 Å². The van der Waals surface area contributed by atoms with Gasteiger partial charge in [-0.15, -0.1) is 0 Å². The number of ether oxygens (including phenoxy) is 2. The highest BCUT2D eigenvalue weighted by Gasteiger charge is 2.41. The highest BCUT2D eigenvalue weighted by atomic mass is 16.5. The van der Waals surface area contributed by atoms with Crippen LogP contribution >= 0.6 is 0 Å². The summed E-state index contributed by atoms with van der Waals surface area (Å²) in [5.41, 5.74) is 0.690. The number of nitrogens with zero attached hydrogens (tertiary/aromatic N) is 1. The zero-order chi connectivity index (χ0) is 18.8. The molecule has 2 aromatic carbocycles. The van der Waals surface area contributed by atoms with Crippen LogP contribution in [0.2, 0.25) is 0 Å². The third kappa shape index (κ3) is 4.05. The number of rotatable bonds is 6. The van der Waals surface area contributed by atoms with Crippen molar-refractivity contribution in [2.75, 3.05) is 19.0 Å². The molecule has 27 heavy (non-hydrogen) atoms. The van der Waals surface area contributed by atoms with Gasteiger partial charge in [0.1, 0.15) is 17.2 Å². The molecule has 2 amide bonds. The quantitative estimate of drug-likeness (QED) is 0.850. The lowest BCUT2D eigenvalue weighted by Crippen LogP contribution is -2.29. The average molecular weight is 366 g/mol. The molecular formula is C21H22N2O4. The number of amides is 2. The molecule has 0 aromatic heterocycles. The molecule has 6 nitrogen and oxygen atoms in total. The first kappa shape index (κ1) is 17.4. The van der Waals surface area contributed by atoms with Crippen LogP contribution in [0.15, 0.2) is 48.5 Å². The van der Waals surface area contributed by atoms with Crippen molar-refractivity contribution in [3.63, 3.8) is 0 Å². The lowest BCUT2D eigenvalue weighted by molar-refractivity contribution is -0.128. The summed E-state index contributed by atoms with van der Waals surface area (Å²) in [5.74, 6) is 1.79. The standard InChI is InChI=1S/C21H22N2O4/c1-26-18-3-2-4-19(12-18)27-17-9-5-15(6-10-17)22-21(25)14-11-20(24)23(13-14)16-7-8-16/h2-6,9-10,12,14,16H,7-8,11,13H2,1H3,(H,22,25). The van der Waals surface area contributed by atoms with Crippen LogP contribution < -0.4 is 14.8 Å². The molecular weight excluding hydrogens is 344 g/mol. The minimum Gasteiger partial charge on any atom is -0.497 e. The Labute approximate surface area is 158 Å². The van der Waals surface area contributed by atoms with E-state index in [9.17, 15) is 9.59 Å². The number of hydrogen-bond donors (Lipinski definition) is 1. The molecule has 1 heterocycles. The fraction of sp³-hybridized carbons (Fsp3) is 0.333. The number of carbonyl (C=O) groups excluding carboxylic acids is 2. The molecule has 2 fully saturated rings. The minimum atomic E-state index is -0.272. The molecule has 0 radical (unpaired) electrons. The van der Waals surface area contributed by atoms with Crippen molar-refractivity contribution in [3.8, 4) is 17.2 Å². The molecule has 6 heteroatoms. The maximum Gasteiger partial charge on any atom is 0.229 e. The summed E-state index contributed by atoms with van der Waals surface area (Å²) in [6.07, 6.45) is 2.43. The summed E-state index contributed by atoms with van der Waals surface area (Å²) in [6, 6.07) is 14.9. The van der Waals surface area contributed by atoms with Gasteiger partial charge in [-0.25, -0.2) is 0 Å². The second-order valence-electron chi connectivity index (χ2n) is 6.97. The number of nitrogens with one attached hydrogen (secondary N) is 1. The van der Waals surface area contributed by atoms with E-state index in [-0.39, 0.29) is 17.7 Å². The predicted molar refractivity (Wildman–Crippen MR) is 101 cm³/mol. The number of hydrogen-bond acceptors (Lipinski definition) is 4. The number of likely N-dealkylation sites (tertiary alicyclic amines) is 1. The van der Waals surface area contributed by atoms with Gasteiger partial charge in [-0.1, -0.05) is 6.07 Å². The lowest BCUT2D eigenvalue weighted by atomic mass is 10.1. The molecule has 1 saturated heterocycles. The van der Waals surface area contributed by atoms with Crippen molar-refractivity contribution in [2.24, 2.45) is 5.92 Å². The molecule has 2 aromatic rings. The van der Waals surface area contributed by atoms with E-state index >= 15 is 0 Å². The van der Waals surface area contributed by atoms with E-state index in [1.54, 1.807) is 37.4 Å². The van der Waals surface area contributed by atoms with E-state index in [0.29, 0.717) is 36.2 Å². The van der Waals surface area contributed by atoms with Crippen molar-refractivity contribution < 1.29 is 19.1 Å². The van der Waals surface area contributed by atoms with Gasteiger partial charge in [0.2, 0.25) is 11.8 Å². The van der Waals surface area contributed by atoms with Gasteiger partial charge in [0.05, 0.1) is 13.0 Å². The highest BCUT2D eigenvalue weighted by molar-refractivity contribution is 5.97. The van der Waals surface area contributed by atoms with Gasteiger partial charge in [-0.2, -0.15) is 0 Å². The van der Waals surface area contributed by atoms with Gasteiger partial charge >= 0.3 is 0 Å². The predicted octanol–water partition coefficient (Wildman–Crippen LogP) is 3.44. The third-order valence-electron chi connectivity index (χ3n) is 4.92. The third-order valence-corrected chi connectivity index (χ3v) is 4.92. The maximum absolute atomic E-state index is 12.5. The van der Waals surface area contributed by atoms with Gasteiger partial charge < -0.3 is 19.7 Å². The fourth-order valence-corrected chi connectivity index (χ4v) is 3.30. The summed E-state index contributed by atoms with van der Waals surface area (Å²) in [4.78, 5) is 26.3. The molecule has 1 unspecified atom stereocenters. The van der Waals surface area contributed by atoms with E-state index in [0.717, 1.165) is 18.6 Å². The lowest BCUT2D eigenvalue weighted by Gasteiger charge is -2.15. The number of methoxy groups -OCH3 is 1. The molecule has 1 atom stereocenters.